The number of nitrogens with zero attached hydrogens (tertiary/aromatic N) is 1. The molecular weight excluding hydrogens is 348 g/mol. The molecule has 4 heteroatoms. The average Bonchev–Trinajstić information content (AvgIpc) is 2.43. The van der Waals surface area contributed by atoms with Crippen molar-refractivity contribution in [1.82, 2.24) is 0 Å². The quantitative estimate of drug-likeness (QED) is 0.835. The van der Waals surface area contributed by atoms with Gasteiger partial charge in [-0.3, -0.25) is 0 Å². The fourth-order valence-corrected chi connectivity index (χ4v) is 2.76. The summed E-state index contributed by atoms with van der Waals surface area (Å²) in [5, 5.41) is 0.785. The van der Waals surface area contributed by atoms with E-state index in [2.05, 4.69) is 64.3 Å². The van der Waals surface area contributed by atoms with Gasteiger partial charge in [0.25, 0.3) is 0 Å². The van der Waals surface area contributed by atoms with Crippen LogP contribution in [0.25, 0.3) is 0 Å². The number of hydrogen-bond acceptors (Lipinski definition) is 2. The third-order valence-corrected chi connectivity index (χ3v) is 4.23. The lowest BCUT2D eigenvalue weighted by Crippen LogP contribution is -2.19. The van der Waals surface area contributed by atoms with Crippen LogP contribution in [0.1, 0.15) is 18.1 Å². The Morgan fingerprint density at radius 3 is 2.43 bits per heavy atom. The van der Waals surface area contributed by atoms with Crippen LogP contribution in [-0.4, -0.2) is 13.1 Å². The van der Waals surface area contributed by atoms with Gasteiger partial charge < -0.3 is 10.6 Å². The average molecular weight is 368 g/mol. The van der Waals surface area contributed by atoms with Crippen molar-refractivity contribution in [3.05, 3.63) is 63.1 Å². The summed E-state index contributed by atoms with van der Waals surface area (Å²) in [6.45, 7) is 2.83. The van der Waals surface area contributed by atoms with Crippen molar-refractivity contribution < 1.29 is 0 Å². The van der Waals surface area contributed by atoms with E-state index in [0.717, 1.165) is 33.7 Å². The van der Waals surface area contributed by atoms with Crippen LogP contribution in [0, 0.1) is 0 Å². The molecule has 0 radical (unpaired) electrons. The number of benzene rings is 2. The number of halogens is 2. The first-order valence-corrected chi connectivity index (χ1v) is 8.12. The van der Waals surface area contributed by atoms with Crippen molar-refractivity contribution in [3.63, 3.8) is 0 Å². The van der Waals surface area contributed by atoms with Crippen molar-refractivity contribution in [2.75, 3.05) is 11.9 Å². The fourth-order valence-electron chi connectivity index (χ4n) is 2.24. The molecule has 1 unspecified atom stereocenters. The van der Waals surface area contributed by atoms with E-state index < -0.39 is 0 Å². The van der Waals surface area contributed by atoms with Gasteiger partial charge in [0.15, 0.2) is 0 Å². The topological polar surface area (TPSA) is 29.3 Å². The second-order valence-corrected chi connectivity index (χ2v) is 6.76. The van der Waals surface area contributed by atoms with E-state index >= 15 is 0 Å². The zero-order valence-corrected chi connectivity index (χ0v) is 14.7. The summed E-state index contributed by atoms with van der Waals surface area (Å²) in [5.41, 5.74) is 9.31. The van der Waals surface area contributed by atoms with Crippen molar-refractivity contribution in [2.45, 2.75) is 25.9 Å². The van der Waals surface area contributed by atoms with Gasteiger partial charge in [-0.25, -0.2) is 0 Å². The largest absolute Gasteiger partial charge is 0.370 e. The molecule has 21 heavy (non-hydrogen) atoms. The number of anilines is 1. The molecule has 0 aliphatic rings. The highest BCUT2D eigenvalue weighted by Gasteiger charge is 2.08. The van der Waals surface area contributed by atoms with E-state index in [1.807, 2.05) is 13.0 Å². The molecule has 0 amide bonds. The molecule has 2 nitrogen and oxygen atoms in total. The van der Waals surface area contributed by atoms with E-state index in [0.29, 0.717) is 0 Å². The second kappa shape index (κ2) is 7.30. The smallest absolute Gasteiger partial charge is 0.0459 e. The SMILES string of the molecule is CC(N)Cc1ccc(N(C)Cc2ccc(Br)cc2)cc1Cl. The Bertz CT molecular complexity index is 596. The van der Waals surface area contributed by atoms with Crippen molar-refractivity contribution in [2.24, 2.45) is 5.73 Å². The van der Waals surface area contributed by atoms with Gasteiger partial charge in [0, 0.05) is 34.8 Å². The first-order valence-electron chi connectivity index (χ1n) is 6.95. The van der Waals surface area contributed by atoms with Gasteiger partial charge in [0.1, 0.15) is 0 Å². The van der Waals surface area contributed by atoms with Gasteiger partial charge in [-0.15, -0.1) is 0 Å². The van der Waals surface area contributed by atoms with Crippen LogP contribution < -0.4 is 10.6 Å². The summed E-state index contributed by atoms with van der Waals surface area (Å²) in [4.78, 5) is 2.19. The lowest BCUT2D eigenvalue weighted by Gasteiger charge is -2.21. The van der Waals surface area contributed by atoms with Crippen LogP contribution in [0.3, 0.4) is 0 Å². The fraction of sp³-hybridized carbons (Fsp3) is 0.294. The first-order chi connectivity index (χ1) is 9.95. The van der Waals surface area contributed by atoms with Gasteiger partial charge in [-0.05, 0) is 48.7 Å². The maximum atomic E-state index is 6.35. The zero-order chi connectivity index (χ0) is 15.4. The lowest BCUT2D eigenvalue weighted by molar-refractivity contribution is 0.738. The molecule has 2 N–H and O–H groups in total. The predicted molar refractivity (Wildman–Crippen MR) is 95.1 cm³/mol. The minimum atomic E-state index is 0.119. The van der Waals surface area contributed by atoms with Crippen LogP contribution in [0.2, 0.25) is 5.02 Å². The first kappa shape index (κ1) is 16.3. The standard InChI is InChI=1S/C17H20BrClN2/c1-12(20)9-14-5-8-16(10-17(14)19)21(2)11-13-3-6-15(18)7-4-13/h3-8,10,12H,9,11,20H2,1-2H3. The normalized spacial score (nSPS) is 12.2. The monoisotopic (exact) mass is 366 g/mol. The summed E-state index contributed by atoms with van der Waals surface area (Å²) in [6, 6.07) is 14.6. The van der Waals surface area contributed by atoms with Gasteiger partial charge in [-0.2, -0.15) is 0 Å². The molecule has 0 saturated carbocycles. The molecule has 1 atom stereocenters. The zero-order valence-electron chi connectivity index (χ0n) is 12.3. The van der Waals surface area contributed by atoms with Crippen LogP contribution in [0.15, 0.2) is 46.9 Å². The highest BCUT2D eigenvalue weighted by Crippen LogP contribution is 2.25. The molecule has 0 fully saturated rings. The van der Waals surface area contributed by atoms with E-state index in [1.165, 1.54) is 5.56 Å². The summed E-state index contributed by atoms with van der Waals surface area (Å²) >= 11 is 9.81. The second-order valence-electron chi connectivity index (χ2n) is 5.44. The molecule has 2 aromatic carbocycles. The van der Waals surface area contributed by atoms with Crippen molar-refractivity contribution in [1.29, 1.82) is 0 Å². The maximum absolute atomic E-state index is 6.35. The Morgan fingerprint density at radius 1 is 1.19 bits per heavy atom. The Kier molecular flexibility index (Phi) is 5.68. The summed E-state index contributed by atoms with van der Waals surface area (Å²) < 4.78 is 1.09. The molecule has 0 heterocycles. The molecular formula is C17H20BrClN2. The van der Waals surface area contributed by atoms with E-state index in [-0.39, 0.29) is 6.04 Å². The van der Waals surface area contributed by atoms with Crippen LogP contribution in [-0.2, 0) is 13.0 Å². The molecule has 0 saturated heterocycles. The van der Waals surface area contributed by atoms with Crippen LogP contribution in [0.5, 0.6) is 0 Å². The predicted octanol–water partition coefficient (Wildman–Crippen LogP) is 4.63. The number of hydrogen-bond donors (Lipinski definition) is 1. The minimum absolute atomic E-state index is 0.119. The molecule has 0 aliphatic carbocycles. The molecule has 0 aromatic heterocycles. The molecule has 0 bridgehead atoms. The molecule has 0 aliphatic heterocycles. The number of nitrogens with two attached hydrogens (primary N) is 1. The Morgan fingerprint density at radius 2 is 1.86 bits per heavy atom. The third kappa shape index (κ3) is 4.73. The Hall–Kier alpha value is -1.03. The maximum Gasteiger partial charge on any atom is 0.0459 e. The highest BCUT2D eigenvalue weighted by atomic mass is 79.9. The molecule has 2 rings (SSSR count). The van der Waals surface area contributed by atoms with Crippen molar-refractivity contribution in [3.8, 4) is 0 Å². The minimum Gasteiger partial charge on any atom is -0.370 e. The summed E-state index contributed by atoms with van der Waals surface area (Å²) in [5.74, 6) is 0. The lowest BCUT2D eigenvalue weighted by atomic mass is 10.1. The van der Waals surface area contributed by atoms with Gasteiger partial charge in [-0.1, -0.05) is 45.7 Å². The van der Waals surface area contributed by atoms with Gasteiger partial charge in [0.2, 0.25) is 0 Å². The molecule has 112 valence electrons. The van der Waals surface area contributed by atoms with E-state index in [9.17, 15) is 0 Å². The van der Waals surface area contributed by atoms with Crippen LogP contribution >= 0.6 is 27.5 Å². The Labute approximate surface area is 140 Å². The number of rotatable bonds is 5. The summed E-state index contributed by atoms with van der Waals surface area (Å²) in [6.07, 6.45) is 0.801. The van der Waals surface area contributed by atoms with Gasteiger partial charge >= 0.3 is 0 Å². The van der Waals surface area contributed by atoms with Crippen molar-refractivity contribution >= 4 is 33.2 Å². The third-order valence-electron chi connectivity index (χ3n) is 3.35. The van der Waals surface area contributed by atoms with E-state index in [4.69, 9.17) is 17.3 Å². The highest BCUT2D eigenvalue weighted by molar-refractivity contribution is 9.10. The molecule has 0 spiro atoms. The summed E-state index contributed by atoms with van der Waals surface area (Å²) in [7, 11) is 2.07. The Balaban J connectivity index is 2.10. The van der Waals surface area contributed by atoms with E-state index in [1.54, 1.807) is 0 Å². The molecule has 2 aromatic rings. The van der Waals surface area contributed by atoms with Crippen LogP contribution in [0.4, 0.5) is 5.69 Å². The van der Waals surface area contributed by atoms with Gasteiger partial charge in [0.05, 0.1) is 0 Å².